The number of halogens is 1. The van der Waals surface area contributed by atoms with E-state index in [0.29, 0.717) is 11.8 Å². The molecule has 0 fully saturated rings. The third-order valence-electron chi connectivity index (χ3n) is 1.68. The molecule has 4 heteroatoms. The van der Waals surface area contributed by atoms with Crippen LogP contribution in [0.25, 0.3) is 0 Å². The van der Waals surface area contributed by atoms with Crippen LogP contribution in [0.5, 0.6) is 5.75 Å². The number of nitrogens with zero attached hydrogens (tertiary/aromatic N) is 1. The van der Waals surface area contributed by atoms with Gasteiger partial charge in [0, 0.05) is 5.56 Å². The first kappa shape index (κ1) is 6.88. The summed E-state index contributed by atoms with van der Waals surface area (Å²) in [6.45, 7) is 0.525. The van der Waals surface area contributed by atoms with Gasteiger partial charge in [-0.1, -0.05) is 11.6 Å². The van der Waals surface area contributed by atoms with Gasteiger partial charge in [-0.2, -0.15) is 0 Å². The number of rotatable bonds is 0. The molecule has 1 aromatic heterocycles. The lowest BCUT2D eigenvalue weighted by molar-refractivity contribution is 0.332. The minimum absolute atomic E-state index is 0.0505. The Balaban J connectivity index is 2.52. The fraction of sp³-hybridized carbons (Fsp3) is 0.286. The maximum atomic E-state index is 5.70. The Morgan fingerprint density at radius 2 is 2.55 bits per heavy atom. The maximum absolute atomic E-state index is 5.70. The molecule has 1 aromatic rings. The molecule has 11 heavy (non-hydrogen) atoms. The lowest BCUT2D eigenvalue weighted by atomic mass is 10.1. The Morgan fingerprint density at radius 1 is 1.73 bits per heavy atom. The van der Waals surface area contributed by atoms with Crippen molar-refractivity contribution in [2.45, 2.75) is 6.04 Å². The second-order valence-electron chi connectivity index (χ2n) is 2.46. The van der Waals surface area contributed by atoms with Crippen molar-refractivity contribution in [3.63, 3.8) is 0 Å². The van der Waals surface area contributed by atoms with Crippen LogP contribution in [0.1, 0.15) is 11.6 Å². The van der Waals surface area contributed by atoms with Crippen molar-refractivity contribution in [3.05, 3.63) is 23.0 Å². The summed E-state index contributed by atoms with van der Waals surface area (Å²) in [4.78, 5) is 3.87. The molecule has 1 atom stereocenters. The van der Waals surface area contributed by atoms with Gasteiger partial charge in [-0.05, 0) is 6.07 Å². The molecule has 2 heterocycles. The molecule has 3 nitrogen and oxygen atoms in total. The standard InChI is InChI=1S/C7H7ClN2O/c8-7-1-4-5(9)3-11-6(4)2-10-7/h1-2,5H,3,9H2/t5-/m1/s1. The van der Waals surface area contributed by atoms with E-state index in [0.717, 1.165) is 11.3 Å². The molecule has 0 spiro atoms. The van der Waals surface area contributed by atoms with Crippen molar-refractivity contribution in [1.29, 1.82) is 0 Å². The topological polar surface area (TPSA) is 48.1 Å². The molecule has 58 valence electrons. The summed E-state index contributed by atoms with van der Waals surface area (Å²) < 4.78 is 5.22. The van der Waals surface area contributed by atoms with Gasteiger partial charge in [0.05, 0.1) is 12.2 Å². The Kier molecular flexibility index (Phi) is 1.47. The normalized spacial score (nSPS) is 21.1. The quantitative estimate of drug-likeness (QED) is 0.594. The number of fused-ring (bicyclic) bond motifs is 1. The average Bonchev–Trinajstić information content (AvgIpc) is 2.33. The number of aromatic nitrogens is 1. The summed E-state index contributed by atoms with van der Waals surface area (Å²) in [5, 5.41) is 0.463. The summed E-state index contributed by atoms with van der Waals surface area (Å²) in [6, 6.07) is 1.69. The highest BCUT2D eigenvalue weighted by Crippen LogP contribution is 2.31. The Morgan fingerprint density at radius 3 is 3.36 bits per heavy atom. The molecule has 2 N–H and O–H groups in total. The van der Waals surface area contributed by atoms with E-state index in [1.54, 1.807) is 12.3 Å². The van der Waals surface area contributed by atoms with E-state index in [1.165, 1.54) is 0 Å². The molecule has 2 rings (SSSR count). The van der Waals surface area contributed by atoms with Gasteiger partial charge < -0.3 is 10.5 Å². The summed E-state index contributed by atoms with van der Waals surface area (Å²) in [6.07, 6.45) is 1.60. The summed E-state index contributed by atoms with van der Waals surface area (Å²) in [5.41, 5.74) is 6.65. The zero-order chi connectivity index (χ0) is 7.84. The van der Waals surface area contributed by atoms with Crippen molar-refractivity contribution in [1.82, 2.24) is 4.98 Å². The lowest BCUT2D eigenvalue weighted by Crippen LogP contribution is -2.10. The molecular weight excluding hydrogens is 164 g/mol. The van der Waals surface area contributed by atoms with Gasteiger partial charge in [-0.3, -0.25) is 0 Å². The molecule has 0 unspecified atom stereocenters. The molecule has 0 amide bonds. The van der Waals surface area contributed by atoms with Crippen LogP contribution < -0.4 is 10.5 Å². The number of hydrogen-bond donors (Lipinski definition) is 1. The minimum atomic E-state index is -0.0505. The van der Waals surface area contributed by atoms with Crippen LogP contribution >= 0.6 is 11.6 Å². The number of pyridine rings is 1. The molecule has 0 aliphatic carbocycles. The van der Waals surface area contributed by atoms with E-state index in [4.69, 9.17) is 22.1 Å². The van der Waals surface area contributed by atoms with Crippen LogP contribution in [0.3, 0.4) is 0 Å². The van der Waals surface area contributed by atoms with Gasteiger partial charge in [0.1, 0.15) is 17.5 Å². The van der Waals surface area contributed by atoms with Crippen LogP contribution in [0.15, 0.2) is 12.3 Å². The maximum Gasteiger partial charge on any atom is 0.142 e. The molecule has 0 aromatic carbocycles. The largest absolute Gasteiger partial charge is 0.490 e. The summed E-state index contributed by atoms with van der Waals surface area (Å²) >= 11 is 5.67. The van der Waals surface area contributed by atoms with Crippen LogP contribution in [0.4, 0.5) is 0 Å². The molecule has 1 aliphatic heterocycles. The third kappa shape index (κ3) is 1.06. The van der Waals surface area contributed by atoms with E-state index in [2.05, 4.69) is 4.98 Å². The second kappa shape index (κ2) is 2.36. The Hall–Kier alpha value is -0.800. The molecule has 0 bridgehead atoms. The highest BCUT2D eigenvalue weighted by Gasteiger charge is 2.20. The number of ether oxygens (including phenoxy) is 1. The van der Waals surface area contributed by atoms with Gasteiger partial charge in [0.2, 0.25) is 0 Å². The van der Waals surface area contributed by atoms with Crippen LogP contribution in [0, 0.1) is 0 Å². The van der Waals surface area contributed by atoms with E-state index >= 15 is 0 Å². The molecule has 0 saturated heterocycles. The monoisotopic (exact) mass is 170 g/mol. The summed E-state index contributed by atoms with van der Waals surface area (Å²) in [5.74, 6) is 0.752. The average molecular weight is 171 g/mol. The molecule has 0 saturated carbocycles. The first-order valence-corrected chi connectivity index (χ1v) is 3.69. The SMILES string of the molecule is N[C@@H]1COc2cnc(Cl)cc21. The summed E-state index contributed by atoms with van der Waals surface area (Å²) in [7, 11) is 0. The predicted octanol–water partition coefficient (Wildman–Crippen LogP) is 1.13. The van der Waals surface area contributed by atoms with Gasteiger partial charge in [0.15, 0.2) is 0 Å². The Bertz CT molecular complexity index is 290. The van der Waals surface area contributed by atoms with Gasteiger partial charge in [0.25, 0.3) is 0 Å². The molecule has 0 radical (unpaired) electrons. The van der Waals surface area contributed by atoms with Crippen molar-refractivity contribution in [2.24, 2.45) is 5.73 Å². The van der Waals surface area contributed by atoms with Gasteiger partial charge in [-0.15, -0.1) is 0 Å². The van der Waals surface area contributed by atoms with Crippen molar-refractivity contribution in [3.8, 4) is 5.75 Å². The van der Waals surface area contributed by atoms with E-state index < -0.39 is 0 Å². The van der Waals surface area contributed by atoms with Crippen molar-refractivity contribution >= 4 is 11.6 Å². The van der Waals surface area contributed by atoms with Crippen LogP contribution in [-0.4, -0.2) is 11.6 Å². The number of hydrogen-bond acceptors (Lipinski definition) is 3. The first-order valence-electron chi connectivity index (χ1n) is 3.31. The van der Waals surface area contributed by atoms with E-state index in [-0.39, 0.29) is 6.04 Å². The third-order valence-corrected chi connectivity index (χ3v) is 1.89. The second-order valence-corrected chi connectivity index (χ2v) is 2.85. The fourth-order valence-electron chi connectivity index (χ4n) is 1.11. The van der Waals surface area contributed by atoms with Crippen LogP contribution in [-0.2, 0) is 0 Å². The zero-order valence-electron chi connectivity index (χ0n) is 5.75. The van der Waals surface area contributed by atoms with Crippen molar-refractivity contribution < 1.29 is 4.74 Å². The first-order chi connectivity index (χ1) is 5.27. The van der Waals surface area contributed by atoms with Crippen LogP contribution in [0.2, 0.25) is 5.15 Å². The fourth-order valence-corrected chi connectivity index (χ4v) is 1.28. The molecular formula is C7H7ClN2O. The van der Waals surface area contributed by atoms with Crippen molar-refractivity contribution in [2.75, 3.05) is 6.61 Å². The highest BCUT2D eigenvalue weighted by molar-refractivity contribution is 6.29. The molecule has 1 aliphatic rings. The minimum Gasteiger partial charge on any atom is -0.490 e. The smallest absolute Gasteiger partial charge is 0.142 e. The highest BCUT2D eigenvalue weighted by atomic mass is 35.5. The lowest BCUT2D eigenvalue weighted by Gasteiger charge is -1.98. The van der Waals surface area contributed by atoms with Gasteiger partial charge >= 0.3 is 0 Å². The number of nitrogens with two attached hydrogens (primary N) is 1. The Labute approximate surface area is 69.1 Å². The van der Waals surface area contributed by atoms with Gasteiger partial charge in [-0.25, -0.2) is 4.98 Å². The van der Waals surface area contributed by atoms with E-state index in [1.807, 2.05) is 0 Å². The predicted molar refractivity (Wildman–Crippen MR) is 41.7 cm³/mol. The van der Waals surface area contributed by atoms with E-state index in [9.17, 15) is 0 Å². The zero-order valence-corrected chi connectivity index (χ0v) is 6.51.